The summed E-state index contributed by atoms with van der Waals surface area (Å²) >= 11 is 0. The molecule has 9 heteroatoms. The number of benzene rings is 1. The van der Waals surface area contributed by atoms with E-state index in [9.17, 15) is 9.18 Å². The van der Waals surface area contributed by atoms with Crippen molar-refractivity contribution in [3.63, 3.8) is 0 Å². The van der Waals surface area contributed by atoms with Crippen molar-refractivity contribution in [1.29, 1.82) is 0 Å². The molecule has 2 N–H and O–H groups in total. The highest BCUT2D eigenvalue weighted by Crippen LogP contribution is 2.10. The zero-order valence-corrected chi connectivity index (χ0v) is 19.9. The number of aryl methyl sites for hydroxylation is 1. The molecule has 1 aliphatic heterocycles. The molecule has 1 fully saturated rings. The number of nitrogens with one attached hydrogen (secondary N) is 2. The number of rotatable bonds is 8. The predicted octanol–water partition coefficient (Wildman–Crippen LogP) is 1.60. The normalized spacial score (nSPS) is 14.8. The number of likely N-dealkylation sites (N-methyl/N-ethyl adjacent to an activating group) is 1. The van der Waals surface area contributed by atoms with E-state index in [-0.39, 0.29) is 42.2 Å². The quantitative estimate of drug-likeness (QED) is 0.236. The second-order valence-corrected chi connectivity index (χ2v) is 7.12. The summed E-state index contributed by atoms with van der Waals surface area (Å²) in [5, 5.41) is 6.36. The fraction of sp³-hybridized carbons (Fsp3) is 0.600. The highest BCUT2D eigenvalue weighted by Gasteiger charge is 2.10. The van der Waals surface area contributed by atoms with Gasteiger partial charge in [0.1, 0.15) is 5.82 Å². The Labute approximate surface area is 190 Å². The minimum atomic E-state index is -0.219. The minimum Gasteiger partial charge on any atom is -0.379 e. The molecule has 0 bridgehead atoms. The van der Waals surface area contributed by atoms with Gasteiger partial charge in [0.15, 0.2) is 5.96 Å². The lowest BCUT2D eigenvalue weighted by molar-refractivity contribution is -0.127. The Morgan fingerprint density at radius 3 is 2.66 bits per heavy atom. The second kappa shape index (κ2) is 13.7. The summed E-state index contributed by atoms with van der Waals surface area (Å²) in [5.74, 6) is 0.337. The molecule has 0 saturated carbocycles. The van der Waals surface area contributed by atoms with Crippen LogP contribution in [0, 0.1) is 12.7 Å². The van der Waals surface area contributed by atoms with E-state index in [4.69, 9.17) is 4.74 Å². The average Bonchev–Trinajstić information content (AvgIpc) is 2.69. The molecule has 1 aliphatic rings. The van der Waals surface area contributed by atoms with Crippen LogP contribution in [0.25, 0.3) is 0 Å². The Morgan fingerprint density at radius 2 is 2.00 bits per heavy atom. The molecule has 1 aromatic rings. The maximum absolute atomic E-state index is 13.4. The number of nitrogens with zero attached hydrogens (tertiary/aromatic N) is 3. The fourth-order valence-electron chi connectivity index (χ4n) is 2.80. The zero-order valence-electron chi connectivity index (χ0n) is 17.5. The number of carbonyl (C=O) groups is 1. The lowest BCUT2D eigenvalue weighted by atomic mass is 10.1. The van der Waals surface area contributed by atoms with Crippen LogP contribution in [0.15, 0.2) is 23.2 Å². The van der Waals surface area contributed by atoms with E-state index in [1.54, 1.807) is 33.2 Å². The third-order valence-corrected chi connectivity index (χ3v) is 4.60. The first-order valence-electron chi connectivity index (χ1n) is 9.73. The number of halogens is 2. The van der Waals surface area contributed by atoms with Gasteiger partial charge in [-0.3, -0.25) is 9.69 Å². The number of guanidine groups is 1. The van der Waals surface area contributed by atoms with Crippen LogP contribution < -0.4 is 10.6 Å². The topological polar surface area (TPSA) is 69.2 Å². The first-order valence-corrected chi connectivity index (χ1v) is 9.73. The molecule has 2 rings (SSSR count). The van der Waals surface area contributed by atoms with Crippen molar-refractivity contribution in [2.75, 3.05) is 60.0 Å². The molecule has 7 nitrogen and oxygen atoms in total. The van der Waals surface area contributed by atoms with Crippen LogP contribution in [0.1, 0.15) is 17.5 Å². The molecule has 0 radical (unpaired) electrons. The van der Waals surface area contributed by atoms with Gasteiger partial charge < -0.3 is 20.3 Å². The standard InChI is InChI=1S/C20H32FN5O2.HI/c1-16-13-17(5-6-18(16)21)14-23-20(24-15-19(27)25(2)3)22-7-4-8-26-9-11-28-12-10-26;/h5-6,13H,4,7-12,14-15H2,1-3H3,(H2,22,23,24);1H. The second-order valence-electron chi connectivity index (χ2n) is 7.12. The smallest absolute Gasteiger partial charge is 0.241 e. The summed E-state index contributed by atoms with van der Waals surface area (Å²) in [6.07, 6.45) is 0.970. The summed E-state index contributed by atoms with van der Waals surface area (Å²) < 4.78 is 18.8. The Balaban J connectivity index is 0.00000420. The molecule has 1 heterocycles. The fourth-order valence-corrected chi connectivity index (χ4v) is 2.80. The molecular formula is C20H33FIN5O2. The van der Waals surface area contributed by atoms with Crippen molar-refractivity contribution in [2.45, 2.75) is 19.9 Å². The number of hydrogen-bond acceptors (Lipinski definition) is 4. The SMILES string of the molecule is Cc1cc(CN=C(NCCCN2CCOCC2)NCC(=O)N(C)C)ccc1F.I. The number of hydrogen-bond donors (Lipinski definition) is 2. The van der Waals surface area contributed by atoms with Crippen LogP contribution in [0.5, 0.6) is 0 Å². The van der Waals surface area contributed by atoms with Gasteiger partial charge in [0.05, 0.1) is 26.3 Å². The third kappa shape index (κ3) is 9.72. The molecule has 1 amide bonds. The molecule has 164 valence electrons. The van der Waals surface area contributed by atoms with Gasteiger partial charge in [-0.2, -0.15) is 0 Å². The summed E-state index contributed by atoms with van der Waals surface area (Å²) in [6.45, 7) is 7.61. The monoisotopic (exact) mass is 521 g/mol. The molecule has 0 atom stereocenters. The van der Waals surface area contributed by atoms with Crippen molar-refractivity contribution >= 4 is 35.8 Å². The molecule has 0 spiro atoms. The van der Waals surface area contributed by atoms with E-state index in [0.717, 1.165) is 51.4 Å². The predicted molar refractivity (Wildman–Crippen MR) is 124 cm³/mol. The largest absolute Gasteiger partial charge is 0.379 e. The van der Waals surface area contributed by atoms with Crippen molar-refractivity contribution in [2.24, 2.45) is 4.99 Å². The maximum atomic E-state index is 13.4. The average molecular weight is 521 g/mol. The first kappa shape index (κ1) is 25.6. The molecule has 1 saturated heterocycles. The van der Waals surface area contributed by atoms with E-state index in [0.29, 0.717) is 18.1 Å². The van der Waals surface area contributed by atoms with Gasteiger partial charge in [-0.1, -0.05) is 12.1 Å². The summed E-state index contributed by atoms with van der Waals surface area (Å²) in [6, 6.07) is 4.98. The molecule has 0 aromatic heterocycles. The van der Waals surface area contributed by atoms with Gasteiger partial charge in [0, 0.05) is 33.7 Å². The van der Waals surface area contributed by atoms with Crippen molar-refractivity contribution in [3.8, 4) is 0 Å². The molecular weight excluding hydrogens is 488 g/mol. The number of ether oxygens (including phenoxy) is 1. The Hall–Kier alpha value is -1.46. The van der Waals surface area contributed by atoms with Crippen molar-refractivity contribution < 1.29 is 13.9 Å². The van der Waals surface area contributed by atoms with E-state index < -0.39 is 0 Å². The number of aliphatic imine (C=N–C) groups is 1. The van der Waals surface area contributed by atoms with Crippen LogP contribution in [-0.2, 0) is 16.1 Å². The van der Waals surface area contributed by atoms with E-state index in [1.807, 2.05) is 0 Å². The van der Waals surface area contributed by atoms with Crippen molar-refractivity contribution in [3.05, 3.63) is 35.1 Å². The van der Waals surface area contributed by atoms with E-state index >= 15 is 0 Å². The van der Waals surface area contributed by atoms with Gasteiger partial charge in [0.2, 0.25) is 5.91 Å². The van der Waals surface area contributed by atoms with Crippen molar-refractivity contribution in [1.82, 2.24) is 20.4 Å². The number of carbonyl (C=O) groups excluding carboxylic acids is 1. The highest BCUT2D eigenvalue weighted by molar-refractivity contribution is 14.0. The van der Waals surface area contributed by atoms with E-state index in [2.05, 4.69) is 20.5 Å². The van der Waals surface area contributed by atoms with E-state index in [1.165, 1.54) is 11.0 Å². The lowest BCUT2D eigenvalue weighted by Crippen LogP contribution is -2.44. The van der Waals surface area contributed by atoms with Crippen LogP contribution in [0.4, 0.5) is 4.39 Å². The summed E-state index contributed by atoms with van der Waals surface area (Å²) in [7, 11) is 3.44. The Kier molecular flexibility index (Phi) is 12.1. The highest BCUT2D eigenvalue weighted by atomic mass is 127. The van der Waals surface area contributed by atoms with Crippen LogP contribution in [0.2, 0.25) is 0 Å². The molecule has 0 aliphatic carbocycles. The third-order valence-electron chi connectivity index (χ3n) is 4.60. The van der Waals surface area contributed by atoms with Crippen LogP contribution >= 0.6 is 24.0 Å². The minimum absolute atomic E-state index is 0. The summed E-state index contributed by atoms with van der Waals surface area (Å²) in [5.41, 5.74) is 1.52. The number of amides is 1. The van der Waals surface area contributed by atoms with Crippen LogP contribution in [-0.4, -0.2) is 81.7 Å². The van der Waals surface area contributed by atoms with Crippen LogP contribution in [0.3, 0.4) is 0 Å². The number of morpholine rings is 1. The first-order chi connectivity index (χ1) is 13.5. The zero-order chi connectivity index (χ0) is 20.4. The molecule has 0 unspecified atom stereocenters. The van der Waals surface area contributed by atoms with Gasteiger partial charge >= 0.3 is 0 Å². The Morgan fingerprint density at radius 1 is 1.28 bits per heavy atom. The van der Waals surface area contributed by atoms with Gasteiger partial charge in [0.25, 0.3) is 0 Å². The maximum Gasteiger partial charge on any atom is 0.241 e. The van der Waals surface area contributed by atoms with Gasteiger partial charge in [-0.25, -0.2) is 9.38 Å². The lowest BCUT2D eigenvalue weighted by Gasteiger charge is -2.26. The molecule has 29 heavy (non-hydrogen) atoms. The molecule has 1 aromatic carbocycles. The van der Waals surface area contributed by atoms with Gasteiger partial charge in [-0.15, -0.1) is 24.0 Å². The van der Waals surface area contributed by atoms with Gasteiger partial charge in [-0.05, 0) is 37.1 Å². The Bertz CT molecular complexity index is 666. The summed E-state index contributed by atoms with van der Waals surface area (Å²) in [4.78, 5) is 20.3.